The molecule has 0 aromatic carbocycles. The van der Waals surface area contributed by atoms with Crippen molar-refractivity contribution >= 4 is 5.91 Å². The van der Waals surface area contributed by atoms with Gasteiger partial charge in [-0.15, -0.1) is 0 Å². The van der Waals surface area contributed by atoms with Crippen LogP contribution in [0.2, 0.25) is 0 Å². The maximum absolute atomic E-state index is 12.3. The van der Waals surface area contributed by atoms with E-state index in [-0.39, 0.29) is 5.91 Å². The molecule has 3 rings (SSSR count). The molecule has 0 radical (unpaired) electrons. The molecule has 0 bridgehead atoms. The topological polar surface area (TPSA) is 61.0 Å². The predicted octanol–water partition coefficient (Wildman–Crippen LogP) is 0.993. The Morgan fingerprint density at radius 2 is 2.22 bits per heavy atom. The Balaban J connectivity index is 1.72. The molecule has 0 saturated carbocycles. The van der Waals surface area contributed by atoms with Crippen molar-refractivity contribution in [1.82, 2.24) is 20.4 Å². The van der Waals surface area contributed by atoms with E-state index in [0.717, 1.165) is 24.4 Å². The third-order valence-electron chi connectivity index (χ3n) is 4.28. The monoisotopic (exact) mass is 248 g/mol. The molecule has 3 heterocycles. The van der Waals surface area contributed by atoms with E-state index < -0.39 is 0 Å². The fourth-order valence-corrected chi connectivity index (χ4v) is 3.38. The number of aromatic amines is 1. The Labute approximate surface area is 107 Å². The van der Waals surface area contributed by atoms with Crippen LogP contribution in [0.25, 0.3) is 0 Å². The van der Waals surface area contributed by atoms with Crippen LogP contribution in [-0.2, 0) is 0 Å². The largest absolute Gasteiger partial charge is 0.348 e. The number of hydrogen-bond donors (Lipinski definition) is 2. The summed E-state index contributed by atoms with van der Waals surface area (Å²) in [6.45, 7) is 6.08. The second-order valence-electron chi connectivity index (χ2n) is 5.42. The maximum atomic E-state index is 12.3. The molecule has 2 saturated heterocycles. The Morgan fingerprint density at radius 3 is 2.94 bits per heavy atom. The lowest BCUT2D eigenvalue weighted by molar-refractivity contribution is 0.0928. The zero-order valence-corrected chi connectivity index (χ0v) is 11.0. The Hall–Kier alpha value is -1.36. The number of fused-ring (bicyclic) bond motifs is 1. The van der Waals surface area contributed by atoms with Crippen LogP contribution in [0.1, 0.15) is 41.0 Å². The third-order valence-corrected chi connectivity index (χ3v) is 4.28. The summed E-state index contributed by atoms with van der Waals surface area (Å²) in [7, 11) is 0. The van der Waals surface area contributed by atoms with Gasteiger partial charge < -0.3 is 5.32 Å². The lowest BCUT2D eigenvalue weighted by Gasteiger charge is -2.21. The van der Waals surface area contributed by atoms with Crippen LogP contribution in [0.5, 0.6) is 0 Å². The van der Waals surface area contributed by atoms with Gasteiger partial charge in [0.25, 0.3) is 5.91 Å². The van der Waals surface area contributed by atoms with E-state index in [9.17, 15) is 4.79 Å². The van der Waals surface area contributed by atoms with Gasteiger partial charge in [-0.3, -0.25) is 14.8 Å². The first-order chi connectivity index (χ1) is 8.66. The van der Waals surface area contributed by atoms with E-state index in [2.05, 4.69) is 20.4 Å². The second-order valence-corrected chi connectivity index (χ2v) is 5.42. The lowest BCUT2D eigenvalue weighted by atomic mass is 10.1. The first kappa shape index (κ1) is 11.7. The highest BCUT2D eigenvalue weighted by atomic mass is 16.1. The molecule has 1 aromatic heterocycles. The molecule has 2 aliphatic rings. The van der Waals surface area contributed by atoms with Crippen molar-refractivity contribution in [2.75, 3.05) is 13.1 Å². The number of aryl methyl sites for hydroxylation is 2. The summed E-state index contributed by atoms with van der Waals surface area (Å²) in [6, 6.07) is 0.871. The average molecular weight is 248 g/mol. The van der Waals surface area contributed by atoms with Gasteiger partial charge in [-0.05, 0) is 39.7 Å². The number of amides is 1. The van der Waals surface area contributed by atoms with Gasteiger partial charge >= 0.3 is 0 Å². The molecule has 1 aromatic rings. The van der Waals surface area contributed by atoms with Crippen molar-refractivity contribution in [3.05, 3.63) is 17.0 Å². The number of H-pyrrole nitrogens is 1. The fourth-order valence-electron chi connectivity index (χ4n) is 3.38. The minimum Gasteiger partial charge on any atom is -0.348 e. The predicted molar refractivity (Wildman–Crippen MR) is 68.5 cm³/mol. The molecule has 1 amide bonds. The van der Waals surface area contributed by atoms with Gasteiger partial charge in [0.15, 0.2) is 0 Å². The molecule has 0 aliphatic carbocycles. The molecule has 2 aliphatic heterocycles. The van der Waals surface area contributed by atoms with Gasteiger partial charge in [-0.25, -0.2) is 0 Å². The van der Waals surface area contributed by atoms with Crippen molar-refractivity contribution in [3.8, 4) is 0 Å². The normalized spacial score (nSPS) is 27.4. The van der Waals surface area contributed by atoms with Crippen molar-refractivity contribution < 1.29 is 4.79 Å². The molecule has 2 unspecified atom stereocenters. The Bertz CT molecular complexity index is 448. The number of carbonyl (C=O) groups excluding carboxylic acids is 1. The third kappa shape index (κ3) is 1.82. The molecule has 5 nitrogen and oxygen atoms in total. The molecule has 18 heavy (non-hydrogen) atoms. The molecule has 2 N–H and O–H groups in total. The van der Waals surface area contributed by atoms with E-state index in [1.54, 1.807) is 0 Å². The molecular formula is C13H20N4O. The molecule has 0 spiro atoms. The van der Waals surface area contributed by atoms with Crippen molar-refractivity contribution in [1.29, 1.82) is 0 Å². The van der Waals surface area contributed by atoms with Crippen LogP contribution < -0.4 is 5.32 Å². The van der Waals surface area contributed by atoms with Crippen LogP contribution >= 0.6 is 0 Å². The van der Waals surface area contributed by atoms with Crippen LogP contribution in [0, 0.1) is 13.8 Å². The number of nitrogens with zero attached hydrogens (tertiary/aromatic N) is 2. The Kier molecular flexibility index (Phi) is 2.86. The van der Waals surface area contributed by atoms with Crippen LogP contribution in [0.4, 0.5) is 0 Å². The minimum absolute atomic E-state index is 0.0255. The van der Waals surface area contributed by atoms with Gasteiger partial charge in [0.1, 0.15) is 0 Å². The van der Waals surface area contributed by atoms with Gasteiger partial charge in [0, 0.05) is 24.3 Å². The van der Waals surface area contributed by atoms with Crippen molar-refractivity contribution in [2.45, 2.75) is 45.2 Å². The van der Waals surface area contributed by atoms with Gasteiger partial charge in [0.2, 0.25) is 0 Å². The standard InChI is InChI=1S/C13H20N4O/c1-8-12(9(2)16-15-8)13(18)14-10-5-7-17-6-3-4-11(10)17/h10-11H,3-7H2,1-2H3,(H,14,18)(H,15,16). The van der Waals surface area contributed by atoms with Gasteiger partial charge in [0.05, 0.1) is 11.3 Å². The van der Waals surface area contributed by atoms with Gasteiger partial charge in [-0.1, -0.05) is 0 Å². The SMILES string of the molecule is Cc1n[nH]c(C)c1C(=O)NC1CCN2CCCC12. The highest BCUT2D eigenvalue weighted by molar-refractivity contribution is 5.96. The smallest absolute Gasteiger partial charge is 0.255 e. The minimum atomic E-state index is 0.0255. The van der Waals surface area contributed by atoms with E-state index in [0.29, 0.717) is 17.6 Å². The molecule has 5 heteroatoms. The van der Waals surface area contributed by atoms with Crippen LogP contribution in [0.3, 0.4) is 0 Å². The summed E-state index contributed by atoms with van der Waals surface area (Å²) < 4.78 is 0. The molecule has 98 valence electrons. The summed E-state index contributed by atoms with van der Waals surface area (Å²) in [5.41, 5.74) is 2.35. The highest BCUT2D eigenvalue weighted by Crippen LogP contribution is 2.28. The van der Waals surface area contributed by atoms with Crippen LogP contribution in [0.15, 0.2) is 0 Å². The molecule has 2 fully saturated rings. The zero-order valence-electron chi connectivity index (χ0n) is 11.0. The summed E-state index contributed by atoms with van der Waals surface area (Å²) in [5.74, 6) is 0.0255. The first-order valence-electron chi connectivity index (χ1n) is 6.73. The van der Waals surface area contributed by atoms with E-state index in [1.807, 2.05) is 13.8 Å². The van der Waals surface area contributed by atoms with E-state index in [1.165, 1.54) is 19.4 Å². The number of hydrogen-bond acceptors (Lipinski definition) is 3. The fraction of sp³-hybridized carbons (Fsp3) is 0.692. The number of carbonyl (C=O) groups is 1. The number of rotatable bonds is 2. The average Bonchev–Trinajstić information content (AvgIpc) is 2.98. The van der Waals surface area contributed by atoms with E-state index >= 15 is 0 Å². The molecule has 2 atom stereocenters. The number of nitrogens with one attached hydrogen (secondary N) is 2. The lowest BCUT2D eigenvalue weighted by Crippen LogP contribution is -2.42. The summed E-state index contributed by atoms with van der Waals surface area (Å²) in [5, 5.41) is 10.1. The summed E-state index contributed by atoms with van der Waals surface area (Å²) >= 11 is 0. The van der Waals surface area contributed by atoms with Gasteiger partial charge in [-0.2, -0.15) is 5.10 Å². The van der Waals surface area contributed by atoms with Crippen LogP contribution in [-0.4, -0.2) is 46.2 Å². The van der Waals surface area contributed by atoms with Crippen molar-refractivity contribution in [2.24, 2.45) is 0 Å². The maximum Gasteiger partial charge on any atom is 0.255 e. The summed E-state index contributed by atoms with van der Waals surface area (Å²) in [4.78, 5) is 14.8. The highest BCUT2D eigenvalue weighted by Gasteiger charge is 2.38. The number of aromatic nitrogens is 2. The Morgan fingerprint density at radius 1 is 1.39 bits per heavy atom. The zero-order chi connectivity index (χ0) is 12.7. The van der Waals surface area contributed by atoms with Crippen molar-refractivity contribution in [3.63, 3.8) is 0 Å². The second kappa shape index (κ2) is 4.39. The quantitative estimate of drug-likeness (QED) is 0.820. The summed E-state index contributed by atoms with van der Waals surface area (Å²) in [6.07, 6.45) is 3.56. The first-order valence-corrected chi connectivity index (χ1v) is 6.73. The molecular weight excluding hydrogens is 228 g/mol. The van der Waals surface area contributed by atoms with E-state index in [4.69, 9.17) is 0 Å².